The molecule has 0 heterocycles. The average Bonchev–Trinajstić information content (AvgIpc) is 2.60. The molecule has 5 nitrogen and oxygen atoms in total. The maximum absolute atomic E-state index is 11.8. The summed E-state index contributed by atoms with van der Waals surface area (Å²) in [5.74, 6) is -0.0150. The molecule has 0 aliphatic rings. The summed E-state index contributed by atoms with van der Waals surface area (Å²) in [5, 5.41) is 2.72. The summed E-state index contributed by atoms with van der Waals surface area (Å²) in [7, 11) is 0. The second kappa shape index (κ2) is 9.84. The van der Waals surface area contributed by atoms with Crippen LogP contribution in [-0.2, 0) is 14.3 Å². The number of esters is 1. The molecule has 1 amide bonds. The number of halogens is 1. The van der Waals surface area contributed by atoms with Crippen LogP contribution in [0.25, 0.3) is 0 Å². The zero-order valence-corrected chi connectivity index (χ0v) is 15.5. The van der Waals surface area contributed by atoms with Gasteiger partial charge in [-0.05, 0) is 49.2 Å². The highest BCUT2D eigenvalue weighted by molar-refractivity contribution is 9.10. The molecule has 0 atom stereocenters. The van der Waals surface area contributed by atoms with Crippen LogP contribution in [0.1, 0.15) is 18.4 Å². The monoisotopic (exact) mass is 405 g/mol. The molecule has 0 unspecified atom stereocenters. The predicted octanol–water partition coefficient (Wildman–Crippen LogP) is 4.10. The van der Waals surface area contributed by atoms with Gasteiger partial charge in [-0.3, -0.25) is 9.59 Å². The van der Waals surface area contributed by atoms with Gasteiger partial charge >= 0.3 is 5.97 Å². The molecule has 0 saturated heterocycles. The summed E-state index contributed by atoms with van der Waals surface area (Å²) in [6.45, 7) is 2.01. The Bertz CT molecular complexity index is 719. The zero-order chi connectivity index (χ0) is 18.1. The van der Waals surface area contributed by atoms with Crippen LogP contribution in [0.2, 0.25) is 0 Å². The quantitative estimate of drug-likeness (QED) is 0.530. The number of carbonyl (C=O) groups excluding carboxylic acids is 2. The number of ether oxygens (including phenoxy) is 2. The lowest BCUT2D eigenvalue weighted by atomic mass is 10.2. The Morgan fingerprint density at radius 1 is 1.12 bits per heavy atom. The van der Waals surface area contributed by atoms with Crippen LogP contribution >= 0.6 is 15.9 Å². The fourth-order valence-electron chi connectivity index (χ4n) is 2.10. The molecule has 0 fully saturated rings. The third kappa shape index (κ3) is 6.97. The highest BCUT2D eigenvalue weighted by Crippen LogP contribution is 2.19. The number of hydrogen-bond donors (Lipinski definition) is 1. The first-order valence-corrected chi connectivity index (χ1v) is 8.73. The first-order chi connectivity index (χ1) is 12.0. The van der Waals surface area contributed by atoms with Crippen LogP contribution in [0.3, 0.4) is 0 Å². The smallest absolute Gasteiger partial charge is 0.306 e. The summed E-state index contributed by atoms with van der Waals surface area (Å²) in [6, 6.07) is 14.9. The second-order valence-electron chi connectivity index (χ2n) is 5.43. The normalized spacial score (nSPS) is 10.2. The molecule has 0 aliphatic heterocycles. The average molecular weight is 406 g/mol. The van der Waals surface area contributed by atoms with E-state index in [1.807, 2.05) is 49.4 Å². The molecule has 6 heteroatoms. The van der Waals surface area contributed by atoms with Crippen LogP contribution in [-0.4, -0.2) is 25.1 Å². The molecule has 1 N–H and O–H groups in total. The Hall–Kier alpha value is -2.34. The van der Waals surface area contributed by atoms with Crippen molar-refractivity contribution in [3.05, 3.63) is 58.6 Å². The van der Waals surface area contributed by atoms with Gasteiger partial charge < -0.3 is 14.8 Å². The maximum atomic E-state index is 11.8. The van der Waals surface area contributed by atoms with Crippen molar-refractivity contribution in [3.63, 3.8) is 0 Å². The van der Waals surface area contributed by atoms with E-state index in [0.717, 1.165) is 15.8 Å². The van der Waals surface area contributed by atoms with E-state index in [0.29, 0.717) is 18.7 Å². The Kier molecular flexibility index (Phi) is 7.47. The van der Waals surface area contributed by atoms with E-state index >= 15 is 0 Å². The number of hydrogen-bond acceptors (Lipinski definition) is 4. The van der Waals surface area contributed by atoms with Gasteiger partial charge in [0.05, 0.1) is 6.61 Å². The number of para-hydroxylation sites is 1. The summed E-state index contributed by atoms with van der Waals surface area (Å²) < 4.78 is 11.4. The van der Waals surface area contributed by atoms with Crippen LogP contribution in [0.4, 0.5) is 5.69 Å². The van der Waals surface area contributed by atoms with E-state index in [1.54, 1.807) is 6.07 Å². The number of rotatable bonds is 8. The molecular weight excluding hydrogens is 386 g/mol. The van der Waals surface area contributed by atoms with Crippen LogP contribution in [0, 0.1) is 6.92 Å². The minimum Gasteiger partial charge on any atom is -0.494 e. The Morgan fingerprint density at radius 2 is 1.88 bits per heavy atom. The van der Waals surface area contributed by atoms with Crippen molar-refractivity contribution >= 4 is 33.5 Å². The van der Waals surface area contributed by atoms with Gasteiger partial charge in [-0.15, -0.1) is 0 Å². The Balaban J connectivity index is 1.63. The van der Waals surface area contributed by atoms with Gasteiger partial charge in [-0.1, -0.05) is 34.1 Å². The first-order valence-electron chi connectivity index (χ1n) is 7.94. The number of amides is 1. The molecule has 2 aromatic carbocycles. The van der Waals surface area contributed by atoms with Crippen LogP contribution in [0.15, 0.2) is 53.0 Å². The molecule has 2 aromatic rings. The number of aryl methyl sites for hydroxylation is 1. The van der Waals surface area contributed by atoms with Crippen molar-refractivity contribution in [1.29, 1.82) is 0 Å². The lowest BCUT2D eigenvalue weighted by molar-refractivity contribution is -0.147. The van der Waals surface area contributed by atoms with E-state index in [2.05, 4.69) is 21.2 Å². The van der Waals surface area contributed by atoms with E-state index in [9.17, 15) is 9.59 Å². The third-order valence-corrected chi connectivity index (χ3v) is 3.86. The summed E-state index contributed by atoms with van der Waals surface area (Å²) in [6.07, 6.45) is 0.735. The van der Waals surface area contributed by atoms with E-state index in [-0.39, 0.29) is 18.9 Å². The molecule has 2 rings (SSSR count). The molecule has 25 heavy (non-hydrogen) atoms. The Morgan fingerprint density at radius 3 is 2.60 bits per heavy atom. The minimum absolute atomic E-state index is 0.206. The van der Waals surface area contributed by atoms with Gasteiger partial charge in [0.15, 0.2) is 6.61 Å². The first kappa shape index (κ1) is 19.0. The zero-order valence-electron chi connectivity index (χ0n) is 14.0. The van der Waals surface area contributed by atoms with Gasteiger partial charge in [-0.2, -0.15) is 0 Å². The van der Waals surface area contributed by atoms with Crippen molar-refractivity contribution in [3.8, 4) is 5.75 Å². The van der Waals surface area contributed by atoms with Crippen molar-refractivity contribution in [2.45, 2.75) is 19.8 Å². The number of nitrogens with one attached hydrogen (secondary N) is 1. The van der Waals surface area contributed by atoms with Crippen LogP contribution < -0.4 is 10.1 Å². The van der Waals surface area contributed by atoms with Gasteiger partial charge in [0, 0.05) is 16.6 Å². The lowest BCUT2D eigenvalue weighted by Crippen LogP contribution is -2.21. The second-order valence-corrected chi connectivity index (χ2v) is 6.35. The highest BCUT2D eigenvalue weighted by Gasteiger charge is 2.09. The third-order valence-electron chi connectivity index (χ3n) is 3.36. The van der Waals surface area contributed by atoms with Gasteiger partial charge in [-0.25, -0.2) is 0 Å². The number of benzene rings is 2. The van der Waals surface area contributed by atoms with E-state index in [4.69, 9.17) is 9.47 Å². The standard InChI is InChI=1S/C19H20BrNO4/c1-14-12-15(20)9-10-17(14)21-18(22)13-25-19(23)8-5-11-24-16-6-3-2-4-7-16/h2-4,6-7,9-10,12H,5,8,11,13H2,1H3,(H,21,22). The van der Waals surface area contributed by atoms with E-state index < -0.39 is 5.97 Å². The molecule has 0 saturated carbocycles. The largest absolute Gasteiger partial charge is 0.494 e. The fourth-order valence-corrected chi connectivity index (χ4v) is 2.57. The van der Waals surface area contributed by atoms with Crippen molar-refractivity contribution < 1.29 is 19.1 Å². The summed E-state index contributed by atoms with van der Waals surface area (Å²) in [4.78, 5) is 23.5. The van der Waals surface area contributed by atoms with Gasteiger partial charge in [0.2, 0.25) is 0 Å². The van der Waals surface area contributed by atoms with Crippen molar-refractivity contribution in [2.24, 2.45) is 0 Å². The summed E-state index contributed by atoms with van der Waals surface area (Å²) in [5.41, 5.74) is 1.62. The SMILES string of the molecule is Cc1cc(Br)ccc1NC(=O)COC(=O)CCCOc1ccccc1. The molecular formula is C19H20BrNO4. The highest BCUT2D eigenvalue weighted by atomic mass is 79.9. The number of anilines is 1. The van der Waals surface area contributed by atoms with E-state index in [1.165, 1.54) is 0 Å². The minimum atomic E-state index is -0.417. The number of carbonyl (C=O) groups is 2. The van der Waals surface area contributed by atoms with Gasteiger partial charge in [0.1, 0.15) is 5.75 Å². The predicted molar refractivity (Wildman–Crippen MR) is 99.6 cm³/mol. The molecule has 0 spiro atoms. The van der Waals surface area contributed by atoms with Crippen molar-refractivity contribution in [1.82, 2.24) is 0 Å². The maximum Gasteiger partial charge on any atom is 0.306 e. The lowest BCUT2D eigenvalue weighted by Gasteiger charge is -2.09. The van der Waals surface area contributed by atoms with Crippen molar-refractivity contribution in [2.75, 3.05) is 18.5 Å². The topological polar surface area (TPSA) is 64.6 Å². The Labute approximate surface area is 155 Å². The molecule has 0 radical (unpaired) electrons. The summed E-state index contributed by atoms with van der Waals surface area (Å²) >= 11 is 3.36. The molecule has 132 valence electrons. The molecule has 0 aromatic heterocycles. The van der Waals surface area contributed by atoms with Crippen LogP contribution in [0.5, 0.6) is 5.75 Å². The fraction of sp³-hybridized carbons (Fsp3) is 0.263. The molecule has 0 bridgehead atoms. The molecule has 0 aliphatic carbocycles. The van der Waals surface area contributed by atoms with Gasteiger partial charge in [0.25, 0.3) is 5.91 Å².